The van der Waals surface area contributed by atoms with Crippen LogP contribution in [0.15, 0.2) is 46.9 Å². The Kier molecular flexibility index (Phi) is 4.56. The Balaban J connectivity index is 1.88. The van der Waals surface area contributed by atoms with Crippen LogP contribution in [0.3, 0.4) is 0 Å². The molecule has 2 aromatic rings. The normalized spacial score (nSPS) is 15.8. The molecule has 0 fully saturated rings. The number of benzene rings is 2. The number of nitrogens with zero attached hydrogens (tertiary/aromatic N) is 1. The molecule has 0 bridgehead atoms. The number of hydrogen-bond acceptors (Lipinski definition) is 3. The van der Waals surface area contributed by atoms with E-state index in [4.69, 9.17) is 4.74 Å². The lowest BCUT2D eigenvalue weighted by Crippen LogP contribution is -2.39. The lowest BCUT2D eigenvalue weighted by Gasteiger charge is -2.24. The maximum atomic E-state index is 12.5. The molecule has 0 radical (unpaired) electrons. The smallest absolute Gasteiger partial charge is 0.256 e. The van der Waals surface area contributed by atoms with Crippen molar-refractivity contribution in [2.45, 2.75) is 13.8 Å². The van der Waals surface area contributed by atoms with E-state index in [1.807, 2.05) is 32.0 Å². The van der Waals surface area contributed by atoms with E-state index in [1.165, 1.54) is 0 Å². The van der Waals surface area contributed by atoms with Gasteiger partial charge in [0.2, 0.25) is 5.91 Å². The number of carbonyl (C=O) groups excluding carboxylic acids is 2. The first-order chi connectivity index (χ1) is 11.8. The van der Waals surface area contributed by atoms with E-state index in [0.717, 1.165) is 4.47 Å². The number of rotatable bonds is 2. The van der Waals surface area contributed by atoms with E-state index in [1.54, 1.807) is 36.2 Å². The van der Waals surface area contributed by atoms with Crippen LogP contribution in [0, 0.1) is 5.41 Å². The average molecular weight is 403 g/mol. The van der Waals surface area contributed by atoms with E-state index in [-0.39, 0.29) is 18.4 Å². The summed E-state index contributed by atoms with van der Waals surface area (Å²) in [6, 6.07) is 12.5. The zero-order valence-electron chi connectivity index (χ0n) is 14.3. The van der Waals surface area contributed by atoms with E-state index < -0.39 is 5.41 Å². The summed E-state index contributed by atoms with van der Waals surface area (Å²) in [5.74, 6) is 0.355. The molecule has 2 amide bonds. The fourth-order valence-corrected chi connectivity index (χ4v) is 3.18. The van der Waals surface area contributed by atoms with E-state index in [9.17, 15) is 9.59 Å². The number of amides is 2. The molecule has 0 unspecified atom stereocenters. The van der Waals surface area contributed by atoms with Crippen molar-refractivity contribution in [3.63, 3.8) is 0 Å². The molecule has 25 heavy (non-hydrogen) atoms. The molecule has 1 N–H and O–H groups in total. The topological polar surface area (TPSA) is 58.6 Å². The quantitative estimate of drug-likeness (QED) is 0.822. The average Bonchev–Trinajstić information content (AvgIpc) is 2.66. The fourth-order valence-electron chi connectivity index (χ4n) is 2.71. The van der Waals surface area contributed by atoms with Crippen molar-refractivity contribution in [1.82, 2.24) is 0 Å². The lowest BCUT2D eigenvalue weighted by atomic mass is 9.93. The zero-order chi connectivity index (χ0) is 18.2. The Bertz CT molecular complexity index is 848. The molecule has 1 heterocycles. The van der Waals surface area contributed by atoms with Crippen molar-refractivity contribution >= 4 is 39.1 Å². The number of anilines is 2. The summed E-state index contributed by atoms with van der Waals surface area (Å²) < 4.78 is 6.56. The van der Waals surface area contributed by atoms with Gasteiger partial charge in [-0.25, -0.2) is 0 Å². The van der Waals surface area contributed by atoms with E-state index >= 15 is 0 Å². The van der Waals surface area contributed by atoms with Gasteiger partial charge < -0.3 is 15.0 Å². The van der Waals surface area contributed by atoms with Gasteiger partial charge in [-0.05, 0) is 54.0 Å². The monoisotopic (exact) mass is 402 g/mol. The maximum Gasteiger partial charge on any atom is 0.256 e. The second-order valence-corrected chi connectivity index (χ2v) is 7.51. The summed E-state index contributed by atoms with van der Waals surface area (Å²) in [7, 11) is 1.73. The molecule has 1 aliphatic rings. The number of ether oxygens (including phenoxy) is 1. The third kappa shape index (κ3) is 3.39. The van der Waals surface area contributed by atoms with Crippen LogP contribution in [0.4, 0.5) is 11.4 Å². The van der Waals surface area contributed by atoms with Crippen LogP contribution in [0.1, 0.15) is 24.2 Å². The highest BCUT2D eigenvalue weighted by Gasteiger charge is 2.36. The van der Waals surface area contributed by atoms with Crippen LogP contribution >= 0.6 is 15.9 Å². The van der Waals surface area contributed by atoms with Crippen molar-refractivity contribution in [2.24, 2.45) is 5.41 Å². The maximum absolute atomic E-state index is 12.5. The predicted octanol–water partition coefficient (Wildman–Crippen LogP) is 4.08. The van der Waals surface area contributed by atoms with Gasteiger partial charge in [-0.1, -0.05) is 12.1 Å². The van der Waals surface area contributed by atoms with E-state index in [0.29, 0.717) is 22.7 Å². The Hall–Kier alpha value is -2.34. The summed E-state index contributed by atoms with van der Waals surface area (Å²) in [6.07, 6.45) is 0. The largest absolute Gasteiger partial charge is 0.490 e. The van der Waals surface area contributed by atoms with Gasteiger partial charge in [0.25, 0.3) is 5.91 Å². The summed E-state index contributed by atoms with van der Waals surface area (Å²) in [5, 5.41) is 2.86. The van der Waals surface area contributed by atoms with Crippen LogP contribution in [-0.4, -0.2) is 25.5 Å². The molecule has 0 atom stereocenters. The number of nitrogens with one attached hydrogen (secondary N) is 1. The summed E-state index contributed by atoms with van der Waals surface area (Å²) in [5.41, 5.74) is 1.24. The minimum Gasteiger partial charge on any atom is -0.490 e. The molecule has 5 nitrogen and oxygen atoms in total. The molecule has 0 aromatic heterocycles. The second kappa shape index (κ2) is 6.52. The van der Waals surface area contributed by atoms with Gasteiger partial charge in [0.15, 0.2) is 0 Å². The van der Waals surface area contributed by atoms with Crippen LogP contribution in [0.25, 0.3) is 0 Å². The van der Waals surface area contributed by atoms with Gasteiger partial charge in [0, 0.05) is 23.3 Å². The molecule has 2 aromatic carbocycles. The van der Waals surface area contributed by atoms with Crippen LogP contribution < -0.4 is 15.0 Å². The van der Waals surface area contributed by atoms with Crippen molar-refractivity contribution in [3.05, 3.63) is 52.5 Å². The Morgan fingerprint density at radius 1 is 1.24 bits per heavy atom. The van der Waals surface area contributed by atoms with Crippen LogP contribution in [0.2, 0.25) is 0 Å². The van der Waals surface area contributed by atoms with Gasteiger partial charge in [0.1, 0.15) is 12.4 Å². The van der Waals surface area contributed by atoms with Gasteiger partial charge in [0.05, 0.1) is 16.7 Å². The fraction of sp³-hybridized carbons (Fsp3) is 0.263. The van der Waals surface area contributed by atoms with Crippen LogP contribution in [-0.2, 0) is 4.79 Å². The first-order valence-electron chi connectivity index (χ1n) is 7.90. The minimum absolute atomic E-state index is 0.00347. The first-order valence-corrected chi connectivity index (χ1v) is 8.70. The number of carbonyl (C=O) groups is 2. The van der Waals surface area contributed by atoms with E-state index in [2.05, 4.69) is 21.2 Å². The Morgan fingerprint density at radius 3 is 2.68 bits per heavy atom. The molecule has 0 saturated heterocycles. The molecule has 3 rings (SSSR count). The van der Waals surface area contributed by atoms with Gasteiger partial charge in [-0.2, -0.15) is 0 Å². The van der Waals surface area contributed by atoms with Crippen molar-refractivity contribution < 1.29 is 14.3 Å². The molecule has 0 aliphatic carbocycles. The molecular formula is C19H19BrN2O3. The molecular weight excluding hydrogens is 384 g/mol. The third-order valence-electron chi connectivity index (χ3n) is 4.17. The lowest BCUT2D eigenvalue weighted by molar-refractivity contribution is -0.127. The van der Waals surface area contributed by atoms with Gasteiger partial charge >= 0.3 is 0 Å². The second-order valence-electron chi connectivity index (χ2n) is 6.65. The molecule has 6 heteroatoms. The highest BCUT2D eigenvalue weighted by Crippen LogP contribution is 2.37. The first kappa shape index (κ1) is 17.5. The molecule has 1 aliphatic heterocycles. The molecule has 130 valence electrons. The summed E-state index contributed by atoms with van der Waals surface area (Å²) >= 11 is 3.38. The Morgan fingerprint density at radius 2 is 1.96 bits per heavy atom. The zero-order valence-corrected chi connectivity index (χ0v) is 15.9. The standard InChI is InChI=1S/C19H19BrN2O3/c1-19(2)11-25-16-10-12(8-9-15(16)22(3)18(19)24)21-17(23)13-6-4-5-7-14(13)20/h4-10H,11H2,1-3H3,(H,21,23). The highest BCUT2D eigenvalue weighted by atomic mass is 79.9. The highest BCUT2D eigenvalue weighted by molar-refractivity contribution is 9.10. The SMILES string of the molecule is CN1C(=O)C(C)(C)COc2cc(NC(=O)c3ccccc3Br)ccc21. The van der Waals surface area contributed by atoms with Crippen molar-refractivity contribution in [1.29, 1.82) is 0 Å². The summed E-state index contributed by atoms with van der Waals surface area (Å²) in [6.45, 7) is 3.99. The number of halogens is 1. The Labute approximate surface area is 155 Å². The molecule has 0 spiro atoms. The number of hydrogen-bond donors (Lipinski definition) is 1. The minimum atomic E-state index is -0.605. The van der Waals surface area contributed by atoms with Gasteiger partial charge in [-0.15, -0.1) is 0 Å². The van der Waals surface area contributed by atoms with Crippen molar-refractivity contribution in [3.8, 4) is 5.75 Å². The predicted molar refractivity (Wildman–Crippen MR) is 101 cm³/mol. The molecule has 0 saturated carbocycles. The van der Waals surface area contributed by atoms with Gasteiger partial charge in [-0.3, -0.25) is 9.59 Å². The third-order valence-corrected chi connectivity index (χ3v) is 4.86. The van der Waals surface area contributed by atoms with Crippen molar-refractivity contribution in [2.75, 3.05) is 23.9 Å². The summed E-state index contributed by atoms with van der Waals surface area (Å²) in [4.78, 5) is 26.5. The van der Waals surface area contributed by atoms with Crippen LogP contribution in [0.5, 0.6) is 5.75 Å². The number of fused-ring (bicyclic) bond motifs is 1.